The molecule has 1 aliphatic rings. The molecule has 1 saturated heterocycles. The summed E-state index contributed by atoms with van der Waals surface area (Å²) in [5, 5.41) is 9.40. The minimum absolute atomic E-state index is 0.134. The van der Waals surface area contributed by atoms with Gasteiger partial charge in [0.1, 0.15) is 11.6 Å². The fourth-order valence-electron chi connectivity index (χ4n) is 3.21. The number of hydrogen-bond acceptors (Lipinski definition) is 4. The molecule has 25 heavy (non-hydrogen) atoms. The maximum absolute atomic E-state index is 13.8. The molecular formula is C19H23FN2O3. The number of rotatable bonds is 5. The quantitative estimate of drug-likeness (QED) is 0.904. The highest BCUT2D eigenvalue weighted by Gasteiger charge is 2.27. The molecule has 5 nitrogen and oxygen atoms in total. The predicted octanol–water partition coefficient (Wildman–Crippen LogP) is 2.61. The standard InChI is InChI=1S/C19H23FN2O3/c1-2-14(13-23)21-9-11-22(12-10-21)19(24)18-8-7-17(25-18)15-5-3-4-6-16(15)20/h3-8,14,23H,2,9-13H2,1H3. The van der Waals surface area contributed by atoms with Crippen molar-refractivity contribution in [1.29, 1.82) is 0 Å². The van der Waals surface area contributed by atoms with Crippen LogP contribution in [0.15, 0.2) is 40.8 Å². The molecule has 0 aliphatic carbocycles. The third-order valence-corrected chi connectivity index (χ3v) is 4.76. The molecule has 0 bridgehead atoms. The van der Waals surface area contributed by atoms with Crippen molar-refractivity contribution in [2.75, 3.05) is 32.8 Å². The minimum Gasteiger partial charge on any atom is -0.451 e. The van der Waals surface area contributed by atoms with Gasteiger partial charge >= 0.3 is 0 Å². The third kappa shape index (κ3) is 3.75. The van der Waals surface area contributed by atoms with E-state index in [1.807, 2.05) is 6.92 Å². The number of furan rings is 1. The summed E-state index contributed by atoms with van der Waals surface area (Å²) in [5.74, 6) is 0.0191. The highest BCUT2D eigenvalue weighted by atomic mass is 19.1. The van der Waals surface area contributed by atoms with Crippen LogP contribution in [0, 0.1) is 5.82 Å². The average molecular weight is 346 g/mol. The molecule has 0 saturated carbocycles. The summed E-state index contributed by atoms with van der Waals surface area (Å²) >= 11 is 0. The van der Waals surface area contributed by atoms with Crippen molar-refractivity contribution in [2.45, 2.75) is 19.4 Å². The van der Waals surface area contributed by atoms with E-state index in [9.17, 15) is 14.3 Å². The van der Waals surface area contributed by atoms with Crippen molar-refractivity contribution in [1.82, 2.24) is 9.80 Å². The molecule has 1 atom stereocenters. The smallest absolute Gasteiger partial charge is 0.289 e. The van der Waals surface area contributed by atoms with Crippen LogP contribution < -0.4 is 0 Å². The van der Waals surface area contributed by atoms with Gasteiger partial charge in [-0.25, -0.2) is 4.39 Å². The first-order valence-electron chi connectivity index (χ1n) is 8.63. The Morgan fingerprint density at radius 2 is 1.92 bits per heavy atom. The van der Waals surface area contributed by atoms with Crippen molar-refractivity contribution in [3.63, 3.8) is 0 Å². The number of aliphatic hydroxyl groups excluding tert-OH is 1. The van der Waals surface area contributed by atoms with Crippen molar-refractivity contribution in [3.05, 3.63) is 48.0 Å². The zero-order chi connectivity index (χ0) is 17.8. The summed E-state index contributed by atoms with van der Waals surface area (Å²) in [4.78, 5) is 16.6. The zero-order valence-corrected chi connectivity index (χ0v) is 14.3. The Morgan fingerprint density at radius 1 is 1.20 bits per heavy atom. The van der Waals surface area contributed by atoms with Gasteiger partial charge in [-0.1, -0.05) is 19.1 Å². The van der Waals surface area contributed by atoms with E-state index in [1.54, 1.807) is 35.2 Å². The Hall–Kier alpha value is -2.18. The summed E-state index contributed by atoms with van der Waals surface area (Å²) in [6.45, 7) is 4.81. The van der Waals surface area contributed by atoms with E-state index >= 15 is 0 Å². The fraction of sp³-hybridized carbons (Fsp3) is 0.421. The highest BCUT2D eigenvalue weighted by molar-refractivity contribution is 5.92. The molecule has 1 aromatic heterocycles. The van der Waals surface area contributed by atoms with Gasteiger partial charge in [0.2, 0.25) is 0 Å². The molecule has 134 valence electrons. The third-order valence-electron chi connectivity index (χ3n) is 4.76. The summed E-state index contributed by atoms with van der Waals surface area (Å²) in [7, 11) is 0. The first-order chi connectivity index (χ1) is 12.1. The molecular weight excluding hydrogens is 323 g/mol. The number of hydrogen-bond donors (Lipinski definition) is 1. The normalized spacial score (nSPS) is 16.8. The van der Waals surface area contributed by atoms with Crippen LogP contribution in [0.5, 0.6) is 0 Å². The molecule has 1 amide bonds. The molecule has 3 rings (SSSR count). The van der Waals surface area contributed by atoms with Crippen molar-refractivity contribution >= 4 is 5.91 Å². The molecule has 1 N–H and O–H groups in total. The van der Waals surface area contributed by atoms with Gasteiger partial charge in [-0.05, 0) is 30.7 Å². The molecule has 1 aliphatic heterocycles. The van der Waals surface area contributed by atoms with E-state index in [4.69, 9.17) is 4.42 Å². The van der Waals surface area contributed by atoms with Crippen LogP contribution in [0.2, 0.25) is 0 Å². The van der Waals surface area contributed by atoms with Gasteiger partial charge in [-0.15, -0.1) is 0 Å². The van der Waals surface area contributed by atoms with Crippen LogP contribution in [0.4, 0.5) is 4.39 Å². The Labute approximate surface area is 146 Å². The molecule has 2 heterocycles. The van der Waals surface area contributed by atoms with Gasteiger partial charge in [-0.2, -0.15) is 0 Å². The average Bonchev–Trinajstić information content (AvgIpc) is 3.13. The Morgan fingerprint density at radius 3 is 2.56 bits per heavy atom. The lowest BCUT2D eigenvalue weighted by Gasteiger charge is -2.38. The number of nitrogens with zero attached hydrogens (tertiary/aromatic N) is 2. The van der Waals surface area contributed by atoms with E-state index in [-0.39, 0.29) is 30.1 Å². The second kappa shape index (κ2) is 7.80. The maximum atomic E-state index is 13.8. The maximum Gasteiger partial charge on any atom is 0.289 e. The van der Waals surface area contributed by atoms with Crippen LogP contribution >= 0.6 is 0 Å². The van der Waals surface area contributed by atoms with Crippen LogP contribution in [-0.4, -0.2) is 59.6 Å². The lowest BCUT2D eigenvalue weighted by molar-refractivity contribution is 0.0450. The minimum atomic E-state index is -0.376. The van der Waals surface area contributed by atoms with Crippen molar-refractivity contribution in [2.24, 2.45) is 0 Å². The molecule has 6 heteroatoms. The first-order valence-corrected chi connectivity index (χ1v) is 8.63. The number of aliphatic hydroxyl groups is 1. The summed E-state index contributed by atoms with van der Waals surface area (Å²) in [6.07, 6.45) is 0.884. The lowest BCUT2D eigenvalue weighted by Crippen LogP contribution is -2.52. The number of carbonyl (C=O) groups excluding carboxylic acids is 1. The van der Waals surface area contributed by atoms with Gasteiger partial charge in [0.15, 0.2) is 5.76 Å². The number of halogens is 1. The fourth-order valence-corrected chi connectivity index (χ4v) is 3.21. The van der Waals surface area contributed by atoms with Gasteiger partial charge < -0.3 is 14.4 Å². The number of amides is 1. The Kier molecular flexibility index (Phi) is 5.50. The molecule has 1 aromatic carbocycles. The highest BCUT2D eigenvalue weighted by Crippen LogP contribution is 2.25. The van der Waals surface area contributed by atoms with Crippen molar-refractivity contribution < 1.29 is 18.7 Å². The molecule has 2 aromatic rings. The monoisotopic (exact) mass is 346 g/mol. The molecule has 1 fully saturated rings. The zero-order valence-electron chi connectivity index (χ0n) is 14.3. The summed E-state index contributed by atoms with van der Waals surface area (Å²) in [5.41, 5.74) is 0.347. The number of benzene rings is 1. The second-order valence-corrected chi connectivity index (χ2v) is 6.22. The Balaban J connectivity index is 1.66. The van der Waals surface area contributed by atoms with Crippen LogP contribution in [0.1, 0.15) is 23.9 Å². The predicted molar refractivity (Wildman–Crippen MR) is 92.7 cm³/mol. The van der Waals surface area contributed by atoms with E-state index < -0.39 is 0 Å². The van der Waals surface area contributed by atoms with Gasteiger partial charge in [0, 0.05) is 32.2 Å². The molecule has 0 radical (unpaired) electrons. The van der Waals surface area contributed by atoms with E-state index in [1.165, 1.54) is 6.07 Å². The summed E-state index contributed by atoms with van der Waals surface area (Å²) in [6, 6.07) is 9.70. The Bertz CT molecular complexity index is 719. The van der Waals surface area contributed by atoms with Crippen molar-refractivity contribution in [3.8, 4) is 11.3 Å². The van der Waals surface area contributed by atoms with E-state index in [0.29, 0.717) is 24.4 Å². The van der Waals surface area contributed by atoms with Crippen LogP contribution in [-0.2, 0) is 0 Å². The van der Waals surface area contributed by atoms with Gasteiger partial charge in [0.05, 0.1) is 12.2 Å². The van der Waals surface area contributed by atoms with E-state index in [0.717, 1.165) is 19.5 Å². The van der Waals surface area contributed by atoms with Gasteiger partial charge in [-0.3, -0.25) is 9.69 Å². The number of piperazine rings is 1. The first kappa shape index (κ1) is 17.6. The van der Waals surface area contributed by atoms with Crippen LogP contribution in [0.25, 0.3) is 11.3 Å². The molecule has 0 spiro atoms. The SMILES string of the molecule is CCC(CO)N1CCN(C(=O)c2ccc(-c3ccccc3F)o2)CC1. The van der Waals surface area contributed by atoms with E-state index in [2.05, 4.69) is 4.90 Å². The largest absolute Gasteiger partial charge is 0.451 e. The summed E-state index contributed by atoms with van der Waals surface area (Å²) < 4.78 is 19.4. The number of carbonyl (C=O) groups is 1. The lowest BCUT2D eigenvalue weighted by atomic mass is 10.1. The second-order valence-electron chi connectivity index (χ2n) is 6.22. The topological polar surface area (TPSA) is 56.9 Å². The molecule has 1 unspecified atom stereocenters. The van der Waals surface area contributed by atoms with Gasteiger partial charge in [0.25, 0.3) is 5.91 Å². The van der Waals surface area contributed by atoms with Crippen LogP contribution in [0.3, 0.4) is 0 Å².